The van der Waals surface area contributed by atoms with Crippen LogP contribution in [0.5, 0.6) is 0 Å². The molecule has 0 aliphatic carbocycles. The van der Waals surface area contributed by atoms with E-state index in [1.54, 1.807) is 18.2 Å². The van der Waals surface area contributed by atoms with Gasteiger partial charge in [-0.15, -0.1) is 0 Å². The Morgan fingerprint density at radius 1 is 1.04 bits per heavy atom. The number of benzene rings is 2. The molecule has 2 aromatic carbocycles. The molecule has 1 amide bonds. The highest BCUT2D eigenvalue weighted by Crippen LogP contribution is 2.28. The van der Waals surface area contributed by atoms with Crippen LogP contribution in [0.25, 0.3) is 6.08 Å². The predicted octanol–water partition coefficient (Wildman–Crippen LogP) is 2.88. The Kier molecular flexibility index (Phi) is 6.45. The van der Waals surface area contributed by atoms with Gasteiger partial charge >= 0.3 is 5.97 Å². The molecule has 1 fully saturated rings. The van der Waals surface area contributed by atoms with Crippen LogP contribution < -0.4 is 10.2 Å². The molecule has 3 rings (SSSR count). The van der Waals surface area contributed by atoms with E-state index in [0.29, 0.717) is 11.3 Å². The molecule has 1 aliphatic rings. The maximum Gasteiger partial charge on any atom is 0.337 e. The highest BCUT2D eigenvalue weighted by molar-refractivity contribution is 6.05. The molecule has 6 nitrogen and oxygen atoms in total. The van der Waals surface area contributed by atoms with Gasteiger partial charge in [-0.3, -0.25) is 4.79 Å². The molecule has 1 saturated heterocycles. The van der Waals surface area contributed by atoms with E-state index in [1.165, 1.54) is 13.2 Å². The normalized spacial score (nSPS) is 14.9. The molecular formula is C22H25N3O3. The zero-order valence-corrected chi connectivity index (χ0v) is 16.2. The molecule has 1 N–H and O–H groups in total. The van der Waals surface area contributed by atoms with Gasteiger partial charge in [-0.05, 0) is 36.9 Å². The third kappa shape index (κ3) is 4.98. The largest absolute Gasteiger partial charge is 0.465 e. The number of nitrogens with zero attached hydrogens (tertiary/aromatic N) is 2. The van der Waals surface area contributed by atoms with Crippen LogP contribution in [-0.2, 0) is 9.53 Å². The van der Waals surface area contributed by atoms with Crippen LogP contribution in [0.2, 0.25) is 0 Å². The van der Waals surface area contributed by atoms with E-state index in [0.717, 1.165) is 37.4 Å². The van der Waals surface area contributed by atoms with Gasteiger partial charge in [0.1, 0.15) is 0 Å². The Labute approximate surface area is 165 Å². The van der Waals surface area contributed by atoms with Crippen molar-refractivity contribution in [3.05, 3.63) is 65.7 Å². The second-order valence-corrected chi connectivity index (χ2v) is 6.75. The molecule has 0 bridgehead atoms. The lowest BCUT2D eigenvalue weighted by Gasteiger charge is -2.35. The molecule has 6 heteroatoms. The molecular weight excluding hydrogens is 354 g/mol. The van der Waals surface area contributed by atoms with Gasteiger partial charge < -0.3 is 19.9 Å². The van der Waals surface area contributed by atoms with E-state index < -0.39 is 5.97 Å². The summed E-state index contributed by atoms with van der Waals surface area (Å²) in [5.74, 6) is -0.679. The van der Waals surface area contributed by atoms with Crippen molar-refractivity contribution in [2.45, 2.75) is 0 Å². The van der Waals surface area contributed by atoms with Crippen molar-refractivity contribution in [1.82, 2.24) is 4.90 Å². The topological polar surface area (TPSA) is 61.9 Å². The van der Waals surface area contributed by atoms with Crippen molar-refractivity contribution >= 4 is 29.3 Å². The number of carbonyl (C=O) groups is 2. The minimum Gasteiger partial charge on any atom is -0.465 e. The first-order valence-corrected chi connectivity index (χ1v) is 9.27. The van der Waals surface area contributed by atoms with Gasteiger partial charge in [-0.25, -0.2) is 4.79 Å². The third-order valence-electron chi connectivity index (χ3n) is 4.75. The molecule has 0 saturated carbocycles. The second kappa shape index (κ2) is 9.19. The Balaban J connectivity index is 1.82. The zero-order chi connectivity index (χ0) is 19.9. The zero-order valence-electron chi connectivity index (χ0n) is 16.2. The number of methoxy groups -OCH3 is 1. The molecule has 2 aromatic rings. The molecule has 0 atom stereocenters. The van der Waals surface area contributed by atoms with Crippen molar-refractivity contribution in [3.8, 4) is 0 Å². The van der Waals surface area contributed by atoms with E-state index in [4.69, 9.17) is 4.74 Å². The lowest BCUT2D eigenvalue weighted by Crippen LogP contribution is -2.44. The highest BCUT2D eigenvalue weighted by Gasteiger charge is 2.19. The summed E-state index contributed by atoms with van der Waals surface area (Å²) in [4.78, 5) is 28.9. The van der Waals surface area contributed by atoms with Gasteiger partial charge in [-0.1, -0.05) is 30.3 Å². The van der Waals surface area contributed by atoms with Crippen LogP contribution in [0.3, 0.4) is 0 Å². The number of anilines is 2. The average Bonchev–Trinajstić information content (AvgIpc) is 2.73. The molecule has 1 aliphatic heterocycles. The van der Waals surface area contributed by atoms with Crippen LogP contribution in [0.1, 0.15) is 15.9 Å². The summed E-state index contributed by atoms with van der Waals surface area (Å²) in [5.41, 5.74) is 2.86. The summed E-state index contributed by atoms with van der Waals surface area (Å²) in [6, 6.07) is 14.9. The molecule has 1 heterocycles. The fraction of sp³-hybridized carbons (Fsp3) is 0.273. The fourth-order valence-electron chi connectivity index (χ4n) is 3.11. The van der Waals surface area contributed by atoms with Crippen LogP contribution in [-0.4, -0.2) is 57.1 Å². The summed E-state index contributed by atoms with van der Waals surface area (Å²) in [7, 11) is 3.44. The van der Waals surface area contributed by atoms with Crippen LogP contribution in [0, 0.1) is 0 Å². The first-order valence-electron chi connectivity index (χ1n) is 9.27. The van der Waals surface area contributed by atoms with E-state index in [9.17, 15) is 9.59 Å². The summed E-state index contributed by atoms with van der Waals surface area (Å²) in [5, 5.41) is 2.92. The minimum atomic E-state index is -0.430. The van der Waals surface area contributed by atoms with Gasteiger partial charge in [0.2, 0.25) is 5.91 Å². The number of nitrogens with one attached hydrogen (secondary N) is 1. The highest BCUT2D eigenvalue weighted by atomic mass is 16.5. The van der Waals surface area contributed by atoms with Crippen molar-refractivity contribution in [2.75, 3.05) is 50.6 Å². The molecule has 0 aromatic heterocycles. The van der Waals surface area contributed by atoms with E-state index >= 15 is 0 Å². The van der Waals surface area contributed by atoms with E-state index in [-0.39, 0.29) is 5.91 Å². The van der Waals surface area contributed by atoms with E-state index in [2.05, 4.69) is 22.2 Å². The number of esters is 1. The molecule has 28 heavy (non-hydrogen) atoms. The van der Waals surface area contributed by atoms with Crippen molar-refractivity contribution in [2.24, 2.45) is 0 Å². The maximum absolute atomic E-state index is 12.5. The smallest absolute Gasteiger partial charge is 0.337 e. The van der Waals surface area contributed by atoms with Gasteiger partial charge in [0.05, 0.1) is 24.0 Å². The lowest BCUT2D eigenvalue weighted by atomic mass is 10.1. The standard InChI is InChI=1S/C22H25N3O3/c1-24-12-14-25(15-13-24)20-10-9-18(22(27)28-2)16-19(20)23-21(26)11-8-17-6-4-3-5-7-17/h3-11,16H,12-15H2,1-2H3,(H,23,26)/b11-8+. The van der Waals surface area contributed by atoms with Crippen LogP contribution in [0.15, 0.2) is 54.6 Å². The Morgan fingerprint density at radius 3 is 2.43 bits per heavy atom. The number of rotatable bonds is 5. The van der Waals surface area contributed by atoms with Gasteiger partial charge in [-0.2, -0.15) is 0 Å². The number of hydrogen-bond acceptors (Lipinski definition) is 5. The lowest BCUT2D eigenvalue weighted by molar-refractivity contribution is -0.111. The second-order valence-electron chi connectivity index (χ2n) is 6.75. The Bertz CT molecular complexity index is 857. The number of amides is 1. The van der Waals surface area contributed by atoms with E-state index in [1.807, 2.05) is 36.4 Å². The molecule has 0 radical (unpaired) electrons. The van der Waals surface area contributed by atoms with Crippen LogP contribution in [0.4, 0.5) is 11.4 Å². The Morgan fingerprint density at radius 2 is 1.75 bits per heavy atom. The monoisotopic (exact) mass is 379 g/mol. The van der Waals surface area contributed by atoms with Gasteiger partial charge in [0.15, 0.2) is 0 Å². The van der Waals surface area contributed by atoms with Crippen molar-refractivity contribution in [3.63, 3.8) is 0 Å². The Hall–Kier alpha value is -3.12. The molecule has 0 spiro atoms. The van der Waals surface area contributed by atoms with Crippen LogP contribution >= 0.6 is 0 Å². The number of carbonyl (C=O) groups excluding carboxylic acids is 2. The maximum atomic E-state index is 12.5. The van der Waals surface area contributed by atoms with Gasteiger partial charge in [0, 0.05) is 32.3 Å². The number of hydrogen-bond donors (Lipinski definition) is 1. The SMILES string of the molecule is COC(=O)c1ccc(N2CCN(C)CC2)c(NC(=O)/C=C/c2ccccc2)c1. The third-order valence-corrected chi connectivity index (χ3v) is 4.75. The first-order chi connectivity index (χ1) is 13.6. The summed E-state index contributed by atoms with van der Waals surface area (Å²) in [6.07, 6.45) is 3.25. The average molecular weight is 379 g/mol. The van der Waals surface area contributed by atoms with Gasteiger partial charge in [0.25, 0.3) is 0 Å². The predicted molar refractivity (Wildman–Crippen MR) is 112 cm³/mol. The quantitative estimate of drug-likeness (QED) is 0.639. The van der Waals surface area contributed by atoms with Crippen molar-refractivity contribution < 1.29 is 14.3 Å². The fourth-order valence-corrected chi connectivity index (χ4v) is 3.11. The summed E-state index contributed by atoms with van der Waals surface area (Å²) >= 11 is 0. The number of ether oxygens (including phenoxy) is 1. The number of piperazine rings is 1. The summed E-state index contributed by atoms with van der Waals surface area (Å²) in [6.45, 7) is 3.60. The minimum absolute atomic E-state index is 0.249. The number of likely N-dealkylation sites (N-methyl/N-ethyl adjacent to an activating group) is 1. The first kappa shape index (κ1) is 19.6. The molecule has 0 unspecified atom stereocenters. The van der Waals surface area contributed by atoms with Crippen molar-refractivity contribution in [1.29, 1.82) is 0 Å². The molecule has 146 valence electrons. The summed E-state index contributed by atoms with van der Waals surface area (Å²) < 4.78 is 4.82.